The fourth-order valence-electron chi connectivity index (χ4n) is 3.25. The summed E-state index contributed by atoms with van der Waals surface area (Å²) in [6.45, 7) is 4.88. The number of carboxylic acids is 2. The Morgan fingerprint density at radius 2 is 1.81 bits per heavy atom. The van der Waals surface area contributed by atoms with Gasteiger partial charge in [-0.1, -0.05) is 23.7 Å². The van der Waals surface area contributed by atoms with Crippen molar-refractivity contribution in [3.05, 3.63) is 47.0 Å². The van der Waals surface area contributed by atoms with E-state index in [0.29, 0.717) is 25.4 Å². The number of esters is 1. The molecule has 0 atom stereocenters. The van der Waals surface area contributed by atoms with Crippen LogP contribution in [0.3, 0.4) is 0 Å². The van der Waals surface area contributed by atoms with Gasteiger partial charge < -0.3 is 29.4 Å². The van der Waals surface area contributed by atoms with E-state index >= 15 is 0 Å². The zero-order valence-corrected chi connectivity index (χ0v) is 18.7. The van der Waals surface area contributed by atoms with Crippen LogP contribution >= 0.6 is 11.6 Å². The molecule has 0 aliphatic carbocycles. The first kappa shape index (κ1) is 26.6. The molecule has 1 saturated heterocycles. The zero-order chi connectivity index (χ0) is 23.3. The smallest absolute Gasteiger partial charge is 0.328 e. The summed E-state index contributed by atoms with van der Waals surface area (Å²) < 4.78 is 11.4. The van der Waals surface area contributed by atoms with Crippen LogP contribution in [0.2, 0.25) is 5.02 Å². The number of rotatable bonds is 9. The van der Waals surface area contributed by atoms with Gasteiger partial charge in [-0.25, -0.2) is 4.79 Å². The monoisotopic (exact) mass is 455 g/mol. The second-order valence-electron chi connectivity index (χ2n) is 7.51. The second-order valence-corrected chi connectivity index (χ2v) is 7.94. The number of hydrogen-bond donors (Lipinski definition) is 2. The van der Waals surface area contributed by atoms with Crippen LogP contribution in [-0.4, -0.2) is 55.4 Å². The van der Waals surface area contributed by atoms with Gasteiger partial charge in [0.2, 0.25) is 0 Å². The van der Waals surface area contributed by atoms with Crippen LogP contribution in [0.5, 0.6) is 0 Å². The maximum Gasteiger partial charge on any atom is 0.328 e. The van der Waals surface area contributed by atoms with Gasteiger partial charge in [0.1, 0.15) is 5.60 Å². The summed E-state index contributed by atoms with van der Waals surface area (Å²) in [6, 6.07) is 7.69. The third-order valence-electron chi connectivity index (χ3n) is 4.84. The molecule has 1 aliphatic heterocycles. The van der Waals surface area contributed by atoms with Gasteiger partial charge in [0, 0.05) is 37.5 Å². The molecule has 0 radical (unpaired) electrons. The Balaban J connectivity index is 0.000000512. The average molecular weight is 456 g/mol. The highest BCUT2D eigenvalue weighted by Crippen LogP contribution is 2.27. The molecular formula is C22H30ClNO7. The molecule has 172 valence electrons. The maximum absolute atomic E-state index is 11.4. The summed E-state index contributed by atoms with van der Waals surface area (Å²) in [4.78, 5) is 31.9. The van der Waals surface area contributed by atoms with Crippen molar-refractivity contribution in [2.45, 2.75) is 44.8 Å². The molecule has 2 N–H and O–H groups in total. The second kappa shape index (κ2) is 13.8. The molecular weight excluding hydrogens is 426 g/mol. The Morgan fingerprint density at radius 3 is 2.29 bits per heavy atom. The van der Waals surface area contributed by atoms with Gasteiger partial charge in [-0.05, 0) is 36.6 Å². The summed E-state index contributed by atoms with van der Waals surface area (Å²) in [5.41, 5.74) is 0.835. The third kappa shape index (κ3) is 12.1. The molecule has 1 aromatic rings. The normalized spacial score (nSPS) is 20.5. The fraction of sp³-hybridized carbons (Fsp3) is 0.500. The zero-order valence-electron chi connectivity index (χ0n) is 17.9. The van der Waals surface area contributed by atoms with Crippen molar-refractivity contribution >= 4 is 29.5 Å². The number of carbonyl (C=O) groups excluding carboxylic acids is 2. The van der Waals surface area contributed by atoms with Crippen LogP contribution in [0.4, 0.5) is 0 Å². The quantitative estimate of drug-likeness (QED) is 0.318. The SMILES string of the molecule is CC(=O)OC1(CCCOCc2ccc(Cl)cc2)CC[NH+](C)CC1.O=C([O-])/C=C/C(=O)O. The Hall–Kier alpha value is -2.42. The van der Waals surface area contributed by atoms with E-state index in [1.807, 2.05) is 24.3 Å². The van der Waals surface area contributed by atoms with Gasteiger partial charge >= 0.3 is 11.9 Å². The highest BCUT2D eigenvalue weighted by Gasteiger charge is 2.38. The lowest BCUT2D eigenvalue weighted by Gasteiger charge is -2.38. The molecule has 8 nitrogen and oxygen atoms in total. The lowest BCUT2D eigenvalue weighted by molar-refractivity contribution is -0.887. The van der Waals surface area contributed by atoms with Crippen LogP contribution in [0.25, 0.3) is 0 Å². The Morgan fingerprint density at radius 1 is 1.19 bits per heavy atom. The number of aliphatic carboxylic acids is 2. The van der Waals surface area contributed by atoms with Crippen LogP contribution in [0.1, 0.15) is 38.2 Å². The van der Waals surface area contributed by atoms with Gasteiger partial charge in [-0.2, -0.15) is 0 Å². The molecule has 2 rings (SSSR count). The van der Waals surface area contributed by atoms with E-state index in [-0.39, 0.29) is 11.6 Å². The highest BCUT2D eigenvalue weighted by molar-refractivity contribution is 6.30. The number of carbonyl (C=O) groups is 3. The molecule has 0 amide bonds. The summed E-state index contributed by atoms with van der Waals surface area (Å²) in [5, 5.41) is 18.0. The van der Waals surface area contributed by atoms with Gasteiger partial charge in [0.25, 0.3) is 0 Å². The molecule has 0 spiro atoms. The minimum Gasteiger partial charge on any atom is -0.545 e. The molecule has 31 heavy (non-hydrogen) atoms. The van der Waals surface area contributed by atoms with E-state index in [4.69, 9.17) is 26.2 Å². The minimum atomic E-state index is -1.51. The summed E-state index contributed by atoms with van der Waals surface area (Å²) >= 11 is 5.86. The number of nitrogens with one attached hydrogen (secondary N) is 1. The number of ether oxygens (including phenoxy) is 2. The van der Waals surface area contributed by atoms with Crippen molar-refractivity contribution in [2.24, 2.45) is 0 Å². The van der Waals surface area contributed by atoms with E-state index in [1.165, 1.54) is 11.8 Å². The number of piperidine rings is 1. The van der Waals surface area contributed by atoms with E-state index in [1.54, 1.807) is 0 Å². The molecule has 1 aliphatic rings. The summed E-state index contributed by atoms with van der Waals surface area (Å²) in [7, 11) is 2.19. The van der Waals surface area contributed by atoms with Crippen molar-refractivity contribution in [1.82, 2.24) is 0 Å². The van der Waals surface area contributed by atoms with Crippen LogP contribution < -0.4 is 10.0 Å². The topological polar surface area (TPSA) is 117 Å². The van der Waals surface area contributed by atoms with Crippen molar-refractivity contribution in [1.29, 1.82) is 0 Å². The van der Waals surface area contributed by atoms with Crippen molar-refractivity contribution in [3.63, 3.8) is 0 Å². The Kier molecular flexibility index (Phi) is 11.8. The third-order valence-corrected chi connectivity index (χ3v) is 5.09. The molecule has 1 fully saturated rings. The Bertz CT molecular complexity index is 725. The molecule has 1 aromatic carbocycles. The van der Waals surface area contributed by atoms with Gasteiger partial charge in [0.05, 0.1) is 32.7 Å². The van der Waals surface area contributed by atoms with E-state index in [0.717, 1.165) is 49.4 Å². The molecule has 0 unspecified atom stereocenters. The summed E-state index contributed by atoms with van der Waals surface area (Å²) in [6.07, 6.45) is 4.60. The van der Waals surface area contributed by atoms with Crippen LogP contribution in [0, 0.1) is 0 Å². The number of benzene rings is 1. The number of carboxylic acid groups (broad SMARTS) is 2. The van der Waals surface area contributed by atoms with Crippen molar-refractivity contribution < 1.29 is 39.0 Å². The molecule has 9 heteroatoms. The number of halogens is 1. The number of likely N-dealkylation sites (tertiary alicyclic amines) is 1. The average Bonchev–Trinajstić information content (AvgIpc) is 2.70. The highest BCUT2D eigenvalue weighted by atomic mass is 35.5. The molecule has 1 heterocycles. The lowest BCUT2D eigenvalue weighted by atomic mass is 9.87. The van der Waals surface area contributed by atoms with Gasteiger partial charge in [-0.15, -0.1) is 0 Å². The molecule has 0 aromatic heterocycles. The number of hydrogen-bond acceptors (Lipinski definition) is 6. The van der Waals surface area contributed by atoms with Gasteiger partial charge in [0.15, 0.2) is 0 Å². The lowest BCUT2D eigenvalue weighted by Crippen LogP contribution is -3.10. The fourth-order valence-corrected chi connectivity index (χ4v) is 3.37. The maximum atomic E-state index is 11.4. The first-order chi connectivity index (χ1) is 14.6. The predicted molar refractivity (Wildman–Crippen MR) is 112 cm³/mol. The Labute approximate surface area is 187 Å². The van der Waals surface area contributed by atoms with Crippen LogP contribution in [0.15, 0.2) is 36.4 Å². The van der Waals surface area contributed by atoms with Crippen molar-refractivity contribution in [2.75, 3.05) is 26.7 Å². The standard InChI is InChI=1S/C18H26ClNO3.C4H4O4/c1-15(21)23-18(9-11-20(2)12-10-18)8-3-13-22-14-16-4-6-17(19)7-5-16;5-3(6)1-2-4(7)8/h4-7H,3,8-14H2,1-2H3;1-2H,(H,5,6)(H,7,8)/b;2-1+. The first-order valence-corrected chi connectivity index (χ1v) is 10.4. The van der Waals surface area contributed by atoms with Crippen molar-refractivity contribution in [3.8, 4) is 0 Å². The number of quaternary nitrogens is 1. The predicted octanol–water partition coefficient (Wildman–Crippen LogP) is 0.624. The largest absolute Gasteiger partial charge is 0.545 e. The first-order valence-electron chi connectivity index (χ1n) is 10.1. The van der Waals surface area contributed by atoms with E-state index in [2.05, 4.69) is 7.05 Å². The molecule has 0 bridgehead atoms. The van der Waals surface area contributed by atoms with E-state index in [9.17, 15) is 19.5 Å². The molecule has 0 saturated carbocycles. The minimum absolute atomic E-state index is 0.174. The van der Waals surface area contributed by atoms with E-state index < -0.39 is 11.9 Å². The van der Waals surface area contributed by atoms with Crippen LogP contribution in [-0.2, 0) is 30.5 Å². The van der Waals surface area contributed by atoms with Gasteiger partial charge in [-0.3, -0.25) is 4.79 Å². The summed E-state index contributed by atoms with van der Waals surface area (Å²) in [5.74, 6) is -2.98.